The highest BCUT2D eigenvalue weighted by molar-refractivity contribution is 6.30. The van der Waals surface area contributed by atoms with Crippen LogP contribution in [0.15, 0.2) is 48.5 Å². The predicted molar refractivity (Wildman–Crippen MR) is 101 cm³/mol. The van der Waals surface area contributed by atoms with Gasteiger partial charge in [0.25, 0.3) is 0 Å². The highest BCUT2D eigenvalue weighted by Crippen LogP contribution is 2.30. The molecule has 0 saturated carbocycles. The number of benzene rings is 2. The van der Waals surface area contributed by atoms with Crippen LogP contribution in [0.2, 0.25) is 10.0 Å². The number of hydrogen-bond donors (Lipinski definition) is 0. The zero-order valence-electron chi connectivity index (χ0n) is 14.3. The number of carbonyl (C=O) groups is 1. The lowest BCUT2D eigenvalue weighted by Gasteiger charge is -2.37. The molecule has 5 heteroatoms. The third kappa shape index (κ3) is 4.35. The Kier molecular flexibility index (Phi) is 5.67. The van der Waals surface area contributed by atoms with Crippen LogP contribution in [0, 0.1) is 0 Å². The Morgan fingerprint density at radius 1 is 0.920 bits per heavy atom. The summed E-state index contributed by atoms with van der Waals surface area (Å²) in [6, 6.07) is 14.9. The van der Waals surface area contributed by atoms with Gasteiger partial charge in [-0.1, -0.05) is 47.5 Å². The molecule has 2 unspecified atom stereocenters. The molecule has 2 aromatic carbocycles. The van der Waals surface area contributed by atoms with Crippen molar-refractivity contribution in [1.29, 1.82) is 0 Å². The third-order valence-corrected chi connectivity index (χ3v) is 4.89. The smallest absolute Gasteiger partial charge is 0.234 e. The predicted octanol–water partition coefficient (Wildman–Crippen LogP) is 4.76. The second-order valence-electron chi connectivity index (χ2n) is 6.54. The monoisotopic (exact) mass is 377 g/mol. The molecule has 0 aliphatic carbocycles. The van der Waals surface area contributed by atoms with Crippen molar-refractivity contribution in [2.45, 2.75) is 32.0 Å². The number of hydrogen-bond acceptors (Lipinski definition) is 2. The lowest BCUT2D eigenvalue weighted by atomic mass is 9.89. The van der Waals surface area contributed by atoms with E-state index in [9.17, 15) is 4.79 Å². The molecule has 3 rings (SSSR count). The first-order valence-corrected chi connectivity index (χ1v) is 9.15. The fourth-order valence-corrected chi connectivity index (χ4v) is 3.58. The van der Waals surface area contributed by atoms with E-state index in [1.807, 2.05) is 67.3 Å². The van der Waals surface area contributed by atoms with Crippen LogP contribution in [0.4, 0.5) is 0 Å². The molecule has 25 heavy (non-hydrogen) atoms. The van der Waals surface area contributed by atoms with Crippen LogP contribution in [0.5, 0.6) is 0 Å². The van der Waals surface area contributed by atoms with Crippen molar-refractivity contribution in [3.63, 3.8) is 0 Å². The van der Waals surface area contributed by atoms with Gasteiger partial charge in [0.15, 0.2) is 0 Å². The van der Waals surface area contributed by atoms with Gasteiger partial charge in [-0.05, 0) is 49.2 Å². The van der Waals surface area contributed by atoms with E-state index < -0.39 is 0 Å². The molecule has 2 aromatic rings. The Morgan fingerprint density at radius 3 is 1.72 bits per heavy atom. The number of carbonyl (C=O) groups excluding carboxylic acids is 1. The van der Waals surface area contributed by atoms with E-state index in [4.69, 9.17) is 27.9 Å². The zero-order valence-corrected chi connectivity index (χ0v) is 15.8. The van der Waals surface area contributed by atoms with Crippen molar-refractivity contribution >= 4 is 29.1 Å². The molecule has 132 valence electrons. The van der Waals surface area contributed by atoms with E-state index in [1.54, 1.807) is 0 Å². The third-order valence-electron chi connectivity index (χ3n) is 4.38. The van der Waals surface area contributed by atoms with Gasteiger partial charge in [0, 0.05) is 23.1 Å². The molecule has 3 nitrogen and oxygen atoms in total. The van der Waals surface area contributed by atoms with E-state index in [2.05, 4.69) is 0 Å². The van der Waals surface area contributed by atoms with E-state index >= 15 is 0 Å². The van der Waals surface area contributed by atoms with E-state index in [-0.39, 0.29) is 24.0 Å². The first-order chi connectivity index (χ1) is 11.9. The number of amides is 1. The van der Waals surface area contributed by atoms with Gasteiger partial charge in [0.2, 0.25) is 5.91 Å². The molecular weight excluding hydrogens is 357 g/mol. The van der Waals surface area contributed by atoms with Gasteiger partial charge in [0.1, 0.15) is 0 Å². The Morgan fingerprint density at radius 2 is 1.32 bits per heavy atom. The van der Waals surface area contributed by atoms with Crippen molar-refractivity contribution in [2.24, 2.45) is 0 Å². The maximum atomic E-state index is 13.4. The summed E-state index contributed by atoms with van der Waals surface area (Å²) in [6.45, 7) is 5.19. The zero-order chi connectivity index (χ0) is 18.0. The molecule has 1 heterocycles. The van der Waals surface area contributed by atoms with Crippen molar-refractivity contribution in [3.8, 4) is 0 Å². The van der Waals surface area contributed by atoms with Crippen LogP contribution in [-0.2, 0) is 9.53 Å². The highest BCUT2D eigenvalue weighted by atomic mass is 35.5. The van der Waals surface area contributed by atoms with Crippen molar-refractivity contribution < 1.29 is 9.53 Å². The summed E-state index contributed by atoms with van der Waals surface area (Å²) in [5.74, 6) is -0.307. The molecular formula is C20H21Cl2NO2. The topological polar surface area (TPSA) is 29.5 Å². The van der Waals surface area contributed by atoms with Crippen LogP contribution in [0.25, 0.3) is 0 Å². The highest BCUT2D eigenvalue weighted by Gasteiger charge is 2.32. The van der Waals surface area contributed by atoms with Gasteiger partial charge >= 0.3 is 0 Å². The van der Waals surface area contributed by atoms with E-state index in [0.717, 1.165) is 11.1 Å². The van der Waals surface area contributed by atoms with Crippen molar-refractivity contribution in [1.82, 2.24) is 4.90 Å². The molecule has 0 aromatic heterocycles. The molecule has 1 fully saturated rings. The quantitative estimate of drug-likeness (QED) is 0.771. The SMILES string of the molecule is CC1CN(C(=O)C(c2ccc(Cl)cc2)c2ccc(Cl)cc2)CC(C)O1. The molecule has 1 amide bonds. The first-order valence-electron chi connectivity index (χ1n) is 8.39. The average molecular weight is 378 g/mol. The Labute approximate surface area is 158 Å². The number of nitrogens with zero attached hydrogens (tertiary/aromatic N) is 1. The maximum absolute atomic E-state index is 13.4. The minimum Gasteiger partial charge on any atom is -0.372 e. The standard InChI is InChI=1S/C20H21Cl2NO2/c1-13-11-23(12-14(2)25-13)20(24)19(15-3-7-17(21)8-4-15)16-5-9-18(22)10-6-16/h3-10,13-14,19H,11-12H2,1-2H3. The molecule has 1 aliphatic rings. The van der Waals surface area contributed by atoms with Crippen LogP contribution in [-0.4, -0.2) is 36.1 Å². The second-order valence-corrected chi connectivity index (χ2v) is 7.41. The lowest BCUT2D eigenvalue weighted by molar-refractivity contribution is -0.143. The van der Waals surface area contributed by atoms with Crippen LogP contribution < -0.4 is 0 Å². The van der Waals surface area contributed by atoms with Gasteiger partial charge in [-0.15, -0.1) is 0 Å². The fourth-order valence-electron chi connectivity index (χ4n) is 3.33. The molecule has 0 bridgehead atoms. The minimum atomic E-state index is -0.382. The summed E-state index contributed by atoms with van der Waals surface area (Å²) in [7, 11) is 0. The summed E-state index contributed by atoms with van der Waals surface area (Å²) in [5.41, 5.74) is 1.84. The van der Waals surface area contributed by atoms with Crippen molar-refractivity contribution in [2.75, 3.05) is 13.1 Å². The molecule has 0 spiro atoms. The molecule has 2 atom stereocenters. The normalized spacial score (nSPS) is 20.8. The summed E-state index contributed by atoms with van der Waals surface area (Å²) < 4.78 is 5.76. The van der Waals surface area contributed by atoms with E-state index in [1.165, 1.54) is 0 Å². The van der Waals surface area contributed by atoms with Crippen LogP contribution >= 0.6 is 23.2 Å². The van der Waals surface area contributed by atoms with Crippen LogP contribution in [0.1, 0.15) is 30.9 Å². The van der Waals surface area contributed by atoms with Gasteiger partial charge in [0.05, 0.1) is 18.1 Å². The summed E-state index contributed by atoms with van der Waals surface area (Å²) in [5, 5.41) is 1.30. The molecule has 0 radical (unpaired) electrons. The number of ether oxygens (including phenoxy) is 1. The van der Waals surface area contributed by atoms with Gasteiger partial charge in [-0.3, -0.25) is 4.79 Å². The first kappa shape index (κ1) is 18.2. The van der Waals surface area contributed by atoms with Crippen LogP contribution in [0.3, 0.4) is 0 Å². The summed E-state index contributed by atoms with van der Waals surface area (Å²) >= 11 is 12.0. The Balaban J connectivity index is 1.96. The lowest BCUT2D eigenvalue weighted by Crippen LogP contribution is -2.49. The van der Waals surface area contributed by atoms with Gasteiger partial charge in [-0.25, -0.2) is 0 Å². The summed E-state index contributed by atoms with van der Waals surface area (Å²) in [6.07, 6.45) is 0.0626. The maximum Gasteiger partial charge on any atom is 0.234 e. The van der Waals surface area contributed by atoms with Crippen molar-refractivity contribution in [3.05, 3.63) is 69.7 Å². The number of morpholine rings is 1. The Bertz CT molecular complexity index is 675. The molecule has 0 N–H and O–H groups in total. The largest absolute Gasteiger partial charge is 0.372 e. The number of halogens is 2. The molecule has 1 aliphatic heterocycles. The van der Waals surface area contributed by atoms with Gasteiger partial charge in [-0.2, -0.15) is 0 Å². The fraction of sp³-hybridized carbons (Fsp3) is 0.350. The Hall–Kier alpha value is -1.55. The number of rotatable bonds is 3. The molecule has 1 saturated heterocycles. The summed E-state index contributed by atoms with van der Waals surface area (Å²) in [4.78, 5) is 15.3. The minimum absolute atomic E-state index is 0.0313. The van der Waals surface area contributed by atoms with Gasteiger partial charge < -0.3 is 9.64 Å². The average Bonchev–Trinajstić information content (AvgIpc) is 2.57. The van der Waals surface area contributed by atoms with E-state index in [0.29, 0.717) is 23.1 Å². The second kappa shape index (κ2) is 7.77.